The summed E-state index contributed by atoms with van der Waals surface area (Å²) in [6.45, 7) is 5.35. The van der Waals surface area contributed by atoms with E-state index in [-0.39, 0.29) is 24.0 Å². The first kappa shape index (κ1) is 18.2. The molecule has 0 amide bonds. The lowest BCUT2D eigenvalue weighted by Crippen LogP contribution is -2.41. The molecule has 0 spiro atoms. The van der Waals surface area contributed by atoms with Crippen molar-refractivity contribution in [1.82, 2.24) is 15.4 Å². The van der Waals surface area contributed by atoms with Crippen molar-refractivity contribution in [2.45, 2.75) is 26.3 Å². The number of nitrogens with zero attached hydrogens (tertiary/aromatic N) is 3. The quantitative estimate of drug-likeness (QED) is 0.458. The molecule has 0 saturated carbocycles. The average Bonchev–Trinajstić information content (AvgIpc) is 3.10. The first-order chi connectivity index (χ1) is 9.72. The van der Waals surface area contributed by atoms with Gasteiger partial charge in [0.25, 0.3) is 0 Å². The first-order valence-corrected chi connectivity index (χ1v) is 7.17. The lowest BCUT2D eigenvalue weighted by atomic mass is 10.1. The van der Waals surface area contributed by atoms with E-state index >= 15 is 0 Å². The minimum absolute atomic E-state index is 0. The molecule has 1 aromatic heterocycles. The molecule has 7 heteroatoms. The van der Waals surface area contributed by atoms with Crippen LogP contribution < -0.4 is 5.32 Å². The summed E-state index contributed by atoms with van der Waals surface area (Å²) in [6, 6.07) is 1.98. The van der Waals surface area contributed by atoms with E-state index in [4.69, 9.17) is 9.26 Å². The molecule has 0 radical (unpaired) electrons. The predicted octanol–water partition coefficient (Wildman–Crippen LogP) is 1.90. The number of hydrogen-bond acceptors (Lipinski definition) is 4. The predicted molar refractivity (Wildman–Crippen MR) is 93.1 cm³/mol. The molecule has 1 aliphatic rings. The summed E-state index contributed by atoms with van der Waals surface area (Å²) in [6.07, 6.45) is 2.02. The van der Waals surface area contributed by atoms with Gasteiger partial charge in [0.2, 0.25) is 0 Å². The Morgan fingerprint density at radius 1 is 1.57 bits per heavy atom. The molecule has 1 atom stereocenters. The zero-order chi connectivity index (χ0) is 14.4. The minimum atomic E-state index is 0. The van der Waals surface area contributed by atoms with Crippen LogP contribution in [0.1, 0.15) is 24.8 Å². The van der Waals surface area contributed by atoms with Crippen molar-refractivity contribution in [3.63, 3.8) is 0 Å². The van der Waals surface area contributed by atoms with Gasteiger partial charge in [-0.1, -0.05) is 12.1 Å². The van der Waals surface area contributed by atoms with Crippen LogP contribution in [0, 0.1) is 5.92 Å². The highest BCUT2D eigenvalue weighted by atomic mass is 127. The number of rotatable bonds is 5. The number of aliphatic imine (C=N–C) groups is 1. The first-order valence-electron chi connectivity index (χ1n) is 7.17. The number of aromatic nitrogens is 1. The number of aryl methyl sites for hydroxylation is 1. The van der Waals surface area contributed by atoms with E-state index in [0.29, 0.717) is 12.5 Å². The molecule has 1 aliphatic heterocycles. The Hall–Kier alpha value is -0.830. The molecule has 0 aliphatic carbocycles. The molecule has 0 aromatic carbocycles. The fourth-order valence-electron chi connectivity index (χ4n) is 2.36. The Morgan fingerprint density at radius 3 is 2.95 bits per heavy atom. The molecule has 1 fully saturated rings. The normalized spacial score (nSPS) is 18.4. The second-order valence-electron chi connectivity index (χ2n) is 5.15. The van der Waals surface area contributed by atoms with E-state index in [2.05, 4.69) is 27.3 Å². The summed E-state index contributed by atoms with van der Waals surface area (Å²) in [5, 5.41) is 7.28. The van der Waals surface area contributed by atoms with E-state index in [1.807, 2.05) is 13.1 Å². The third kappa shape index (κ3) is 5.46. The number of hydrogen-bond donors (Lipinski definition) is 1. The average molecular weight is 408 g/mol. The number of nitrogens with one attached hydrogen (secondary N) is 1. The molecule has 21 heavy (non-hydrogen) atoms. The zero-order valence-corrected chi connectivity index (χ0v) is 15.3. The van der Waals surface area contributed by atoms with Crippen LogP contribution in [0.3, 0.4) is 0 Å². The van der Waals surface area contributed by atoms with E-state index in [0.717, 1.165) is 50.0 Å². The molecule has 2 heterocycles. The molecule has 0 bridgehead atoms. The lowest BCUT2D eigenvalue weighted by molar-refractivity contribution is 0.181. The summed E-state index contributed by atoms with van der Waals surface area (Å²) in [5.41, 5.74) is 0.980. The van der Waals surface area contributed by atoms with Crippen molar-refractivity contribution in [3.8, 4) is 0 Å². The zero-order valence-electron chi connectivity index (χ0n) is 13.0. The van der Waals surface area contributed by atoms with Crippen molar-refractivity contribution in [1.29, 1.82) is 0 Å². The van der Waals surface area contributed by atoms with Gasteiger partial charge in [-0.2, -0.15) is 0 Å². The van der Waals surface area contributed by atoms with Crippen molar-refractivity contribution in [3.05, 3.63) is 17.5 Å². The maximum Gasteiger partial charge on any atom is 0.193 e. The molecule has 6 nitrogen and oxygen atoms in total. The van der Waals surface area contributed by atoms with Crippen molar-refractivity contribution >= 4 is 29.9 Å². The van der Waals surface area contributed by atoms with Crippen LogP contribution in [0.4, 0.5) is 0 Å². The molecule has 1 saturated heterocycles. The van der Waals surface area contributed by atoms with Gasteiger partial charge in [0.15, 0.2) is 11.7 Å². The van der Waals surface area contributed by atoms with E-state index in [9.17, 15) is 0 Å². The largest absolute Gasteiger partial charge is 0.381 e. The number of guanidine groups is 1. The van der Waals surface area contributed by atoms with Crippen molar-refractivity contribution < 1.29 is 9.26 Å². The standard InChI is InChI=1S/C14H24N4O2.HI/c1-4-12-7-13(20-17-12)8-16-14(15-2)18(3)9-11-5-6-19-10-11;/h7,11H,4-6,8-10H2,1-3H3,(H,15,16);1H. The molecular weight excluding hydrogens is 383 g/mol. The number of ether oxygens (including phenoxy) is 1. The summed E-state index contributed by atoms with van der Waals surface area (Å²) in [5.74, 6) is 2.29. The Balaban J connectivity index is 0.00000220. The van der Waals surface area contributed by atoms with Crippen molar-refractivity contribution in [2.24, 2.45) is 10.9 Å². The van der Waals surface area contributed by atoms with E-state index in [1.165, 1.54) is 0 Å². The lowest BCUT2D eigenvalue weighted by Gasteiger charge is -2.24. The Labute approximate surface area is 143 Å². The van der Waals surface area contributed by atoms with Gasteiger partial charge in [0.1, 0.15) is 0 Å². The second kappa shape index (κ2) is 9.24. The Bertz CT molecular complexity index is 444. The van der Waals surface area contributed by atoms with Crippen LogP contribution in [0.25, 0.3) is 0 Å². The summed E-state index contributed by atoms with van der Waals surface area (Å²) in [4.78, 5) is 6.44. The van der Waals surface area contributed by atoms with Crippen molar-refractivity contribution in [2.75, 3.05) is 33.9 Å². The number of halogens is 1. The maximum atomic E-state index is 5.41. The Kier molecular flexibility index (Phi) is 8.02. The molecule has 1 N–H and O–H groups in total. The fraction of sp³-hybridized carbons (Fsp3) is 0.714. The van der Waals surface area contributed by atoms with Gasteiger partial charge in [-0.05, 0) is 12.8 Å². The van der Waals surface area contributed by atoms with E-state index < -0.39 is 0 Å². The summed E-state index contributed by atoms with van der Waals surface area (Å²) in [7, 11) is 3.84. The highest BCUT2D eigenvalue weighted by molar-refractivity contribution is 14.0. The molecule has 120 valence electrons. The van der Waals surface area contributed by atoms with Crippen LogP contribution in [0.15, 0.2) is 15.6 Å². The van der Waals surface area contributed by atoms with Crippen LogP contribution in [-0.4, -0.2) is 49.9 Å². The van der Waals surface area contributed by atoms with Gasteiger partial charge in [-0.15, -0.1) is 24.0 Å². The molecule has 1 unspecified atom stereocenters. The topological polar surface area (TPSA) is 62.9 Å². The van der Waals surface area contributed by atoms with Gasteiger partial charge >= 0.3 is 0 Å². The monoisotopic (exact) mass is 408 g/mol. The SMILES string of the molecule is CCc1cc(CNC(=NC)N(C)CC2CCOC2)on1.I. The van der Waals surface area contributed by atoms with Crippen LogP contribution >= 0.6 is 24.0 Å². The minimum Gasteiger partial charge on any atom is -0.381 e. The van der Waals surface area contributed by atoms with Crippen LogP contribution in [0.5, 0.6) is 0 Å². The summed E-state index contributed by atoms with van der Waals surface area (Å²) >= 11 is 0. The van der Waals surface area contributed by atoms with Crippen LogP contribution in [-0.2, 0) is 17.7 Å². The molecule has 2 rings (SSSR count). The Morgan fingerprint density at radius 2 is 2.38 bits per heavy atom. The third-order valence-electron chi connectivity index (χ3n) is 3.52. The van der Waals surface area contributed by atoms with Gasteiger partial charge in [0, 0.05) is 39.2 Å². The van der Waals surface area contributed by atoms with Crippen LogP contribution in [0.2, 0.25) is 0 Å². The van der Waals surface area contributed by atoms with Gasteiger partial charge in [-0.25, -0.2) is 0 Å². The smallest absolute Gasteiger partial charge is 0.193 e. The van der Waals surface area contributed by atoms with Gasteiger partial charge in [0.05, 0.1) is 18.8 Å². The summed E-state index contributed by atoms with van der Waals surface area (Å²) < 4.78 is 10.7. The molecule has 1 aromatic rings. The maximum absolute atomic E-state index is 5.41. The van der Waals surface area contributed by atoms with Gasteiger partial charge < -0.3 is 19.5 Å². The highest BCUT2D eigenvalue weighted by Crippen LogP contribution is 2.13. The molecular formula is C14H25IN4O2. The van der Waals surface area contributed by atoms with Gasteiger partial charge in [-0.3, -0.25) is 4.99 Å². The van der Waals surface area contributed by atoms with E-state index in [1.54, 1.807) is 7.05 Å². The second-order valence-corrected chi connectivity index (χ2v) is 5.15. The third-order valence-corrected chi connectivity index (χ3v) is 3.52. The highest BCUT2D eigenvalue weighted by Gasteiger charge is 2.19. The fourth-order valence-corrected chi connectivity index (χ4v) is 2.36.